The molecule has 0 saturated heterocycles. The highest BCUT2D eigenvalue weighted by atomic mass is 79.9. The minimum Gasteiger partial charge on any atom is -0.397 e. The molecule has 0 aromatic carbocycles. The number of hydrogen-bond donors (Lipinski definition) is 3. The number of pyridine rings is 1. The van der Waals surface area contributed by atoms with Crippen LogP contribution in [-0.2, 0) is 0 Å². The van der Waals surface area contributed by atoms with Gasteiger partial charge in [0.1, 0.15) is 5.82 Å². The van der Waals surface area contributed by atoms with Crippen LogP contribution in [0.15, 0.2) is 10.5 Å². The fraction of sp³-hybridized carbons (Fsp3) is 0. The maximum Gasteiger partial charge on any atom is 0.269 e. The minimum absolute atomic E-state index is 0.00398. The predicted octanol–water partition coefficient (Wildman–Crippen LogP) is 0.107. The van der Waals surface area contributed by atoms with E-state index in [0.29, 0.717) is 4.47 Å². The number of primary amides is 1. The second-order valence-electron chi connectivity index (χ2n) is 2.16. The van der Waals surface area contributed by atoms with Crippen LogP contribution in [0.2, 0.25) is 0 Å². The van der Waals surface area contributed by atoms with Gasteiger partial charge in [-0.25, -0.2) is 4.98 Å². The zero-order valence-corrected chi connectivity index (χ0v) is 7.63. The van der Waals surface area contributed by atoms with Gasteiger partial charge in [0.15, 0.2) is 5.69 Å². The van der Waals surface area contributed by atoms with Crippen LogP contribution in [0.4, 0.5) is 11.5 Å². The second kappa shape index (κ2) is 2.98. The van der Waals surface area contributed by atoms with Gasteiger partial charge < -0.3 is 17.2 Å². The Morgan fingerprint density at radius 1 is 1.50 bits per heavy atom. The van der Waals surface area contributed by atoms with Crippen molar-refractivity contribution < 1.29 is 4.79 Å². The fourth-order valence-corrected chi connectivity index (χ4v) is 1.05. The van der Waals surface area contributed by atoms with Crippen molar-refractivity contribution in [1.82, 2.24) is 4.98 Å². The van der Waals surface area contributed by atoms with Crippen molar-refractivity contribution in [3.8, 4) is 0 Å². The second-order valence-corrected chi connectivity index (χ2v) is 3.01. The number of nitrogens with zero attached hydrogens (tertiary/aromatic N) is 1. The summed E-state index contributed by atoms with van der Waals surface area (Å²) in [4.78, 5) is 14.4. The average molecular weight is 231 g/mol. The molecule has 0 atom stereocenters. The highest BCUT2D eigenvalue weighted by Crippen LogP contribution is 2.21. The largest absolute Gasteiger partial charge is 0.397 e. The number of aromatic nitrogens is 1. The molecule has 0 aliphatic carbocycles. The van der Waals surface area contributed by atoms with E-state index < -0.39 is 5.91 Å². The van der Waals surface area contributed by atoms with Gasteiger partial charge in [0.2, 0.25) is 0 Å². The summed E-state index contributed by atoms with van der Waals surface area (Å²) in [7, 11) is 0. The molecule has 1 aromatic heterocycles. The molecule has 6 N–H and O–H groups in total. The molecule has 6 heteroatoms. The standard InChI is InChI=1S/C6H7BrN4O/c7-2-1-3(8)4(6(10)12)11-5(2)9/h1H,8H2,(H2,9,11)(H2,10,12). The van der Waals surface area contributed by atoms with E-state index >= 15 is 0 Å². The van der Waals surface area contributed by atoms with Crippen molar-refractivity contribution in [3.05, 3.63) is 16.2 Å². The molecule has 5 nitrogen and oxygen atoms in total. The van der Waals surface area contributed by atoms with E-state index in [0.717, 1.165) is 0 Å². The third kappa shape index (κ3) is 1.48. The first-order chi connectivity index (χ1) is 5.52. The molecule has 0 unspecified atom stereocenters. The number of anilines is 2. The van der Waals surface area contributed by atoms with Gasteiger partial charge in [-0.05, 0) is 22.0 Å². The van der Waals surface area contributed by atoms with Gasteiger partial charge in [0.05, 0.1) is 10.2 Å². The Balaban J connectivity index is 3.33. The zero-order valence-electron chi connectivity index (χ0n) is 6.04. The molecular formula is C6H7BrN4O. The van der Waals surface area contributed by atoms with E-state index in [2.05, 4.69) is 20.9 Å². The van der Waals surface area contributed by atoms with Gasteiger partial charge in [-0.15, -0.1) is 0 Å². The fourth-order valence-electron chi connectivity index (χ4n) is 0.715. The van der Waals surface area contributed by atoms with Crippen LogP contribution in [0.3, 0.4) is 0 Å². The van der Waals surface area contributed by atoms with Gasteiger partial charge >= 0.3 is 0 Å². The van der Waals surface area contributed by atoms with E-state index in [4.69, 9.17) is 17.2 Å². The summed E-state index contributed by atoms with van der Waals surface area (Å²) in [6.45, 7) is 0. The molecular weight excluding hydrogens is 224 g/mol. The first-order valence-electron chi connectivity index (χ1n) is 3.03. The Morgan fingerprint density at radius 3 is 2.58 bits per heavy atom. The first kappa shape index (κ1) is 8.79. The highest BCUT2D eigenvalue weighted by Gasteiger charge is 2.09. The maximum absolute atomic E-state index is 10.7. The third-order valence-corrected chi connectivity index (χ3v) is 1.90. The van der Waals surface area contributed by atoms with Gasteiger partial charge in [-0.1, -0.05) is 0 Å². The molecule has 1 amide bonds. The van der Waals surface area contributed by atoms with Crippen LogP contribution < -0.4 is 17.2 Å². The highest BCUT2D eigenvalue weighted by molar-refractivity contribution is 9.10. The lowest BCUT2D eigenvalue weighted by Gasteiger charge is -2.03. The minimum atomic E-state index is -0.688. The van der Waals surface area contributed by atoms with Crippen molar-refractivity contribution in [2.75, 3.05) is 11.5 Å². The van der Waals surface area contributed by atoms with Crippen molar-refractivity contribution in [2.45, 2.75) is 0 Å². The number of amides is 1. The number of carbonyl (C=O) groups excluding carboxylic acids is 1. The summed E-state index contributed by atoms with van der Waals surface area (Å²) >= 11 is 3.11. The Kier molecular flexibility index (Phi) is 2.18. The Hall–Kier alpha value is -1.30. The van der Waals surface area contributed by atoms with Crippen molar-refractivity contribution in [2.24, 2.45) is 5.73 Å². The van der Waals surface area contributed by atoms with Crippen molar-refractivity contribution >= 4 is 33.3 Å². The molecule has 1 aromatic rings. The lowest BCUT2D eigenvalue weighted by molar-refractivity contribution is 0.0996. The topological polar surface area (TPSA) is 108 Å². The van der Waals surface area contributed by atoms with Crippen LogP contribution in [0, 0.1) is 0 Å². The van der Waals surface area contributed by atoms with Crippen LogP contribution in [0.1, 0.15) is 10.5 Å². The van der Waals surface area contributed by atoms with Crippen LogP contribution in [0.5, 0.6) is 0 Å². The lowest BCUT2D eigenvalue weighted by Crippen LogP contribution is -2.16. The molecule has 64 valence electrons. The zero-order chi connectivity index (χ0) is 9.30. The molecule has 0 spiro atoms. The third-order valence-electron chi connectivity index (χ3n) is 1.27. The lowest BCUT2D eigenvalue weighted by atomic mass is 10.3. The molecule has 0 radical (unpaired) electrons. The van der Waals surface area contributed by atoms with E-state index in [1.54, 1.807) is 0 Å². The number of nitrogens with two attached hydrogens (primary N) is 3. The summed E-state index contributed by atoms with van der Waals surface area (Å²) in [5, 5.41) is 0. The quantitative estimate of drug-likeness (QED) is 0.637. The van der Waals surface area contributed by atoms with Gasteiger partial charge in [-0.3, -0.25) is 4.79 Å². The van der Waals surface area contributed by atoms with E-state index in [9.17, 15) is 4.79 Å². The van der Waals surface area contributed by atoms with E-state index in [1.807, 2.05) is 0 Å². The number of rotatable bonds is 1. The SMILES string of the molecule is NC(=O)c1nc(N)c(Br)cc1N. The molecule has 12 heavy (non-hydrogen) atoms. The maximum atomic E-state index is 10.7. The molecule has 0 bridgehead atoms. The van der Waals surface area contributed by atoms with E-state index in [-0.39, 0.29) is 17.2 Å². The monoisotopic (exact) mass is 230 g/mol. The molecule has 0 aliphatic rings. The Bertz CT molecular complexity index is 339. The normalized spacial score (nSPS) is 9.75. The van der Waals surface area contributed by atoms with Crippen LogP contribution in [-0.4, -0.2) is 10.9 Å². The molecule has 0 aliphatic heterocycles. The number of carbonyl (C=O) groups is 1. The number of nitrogen functional groups attached to an aromatic ring is 2. The van der Waals surface area contributed by atoms with Gasteiger partial charge in [-0.2, -0.15) is 0 Å². The summed E-state index contributed by atoms with van der Waals surface area (Å²) < 4.78 is 0.546. The average Bonchev–Trinajstić information content (AvgIpc) is 1.96. The molecule has 0 saturated carbocycles. The predicted molar refractivity (Wildman–Crippen MR) is 49.3 cm³/mol. The first-order valence-corrected chi connectivity index (χ1v) is 3.83. The number of halogens is 1. The molecule has 1 heterocycles. The Labute approximate surface area is 77.1 Å². The number of hydrogen-bond acceptors (Lipinski definition) is 4. The summed E-state index contributed by atoms with van der Waals surface area (Å²) in [6, 6.07) is 1.49. The summed E-state index contributed by atoms with van der Waals surface area (Å²) in [6.07, 6.45) is 0. The van der Waals surface area contributed by atoms with Crippen molar-refractivity contribution in [3.63, 3.8) is 0 Å². The van der Waals surface area contributed by atoms with Crippen LogP contribution in [0.25, 0.3) is 0 Å². The van der Waals surface area contributed by atoms with E-state index in [1.165, 1.54) is 6.07 Å². The molecule has 1 rings (SSSR count). The van der Waals surface area contributed by atoms with Crippen LogP contribution >= 0.6 is 15.9 Å². The smallest absolute Gasteiger partial charge is 0.269 e. The Morgan fingerprint density at radius 2 is 2.08 bits per heavy atom. The molecule has 0 fully saturated rings. The summed E-state index contributed by atoms with van der Waals surface area (Å²) in [5.41, 5.74) is 16.0. The van der Waals surface area contributed by atoms with Crippen molar-refractivity contribution in [1.29, 1.82) is 0 Å². The van der Waals surface area contributed by atoms with Gasteiger partial charge in [0, 0.05) is 0 Å². The van der Waals surface area contributed by atoms with Gasteiger partial charge in [0.25, 0.3) is 5.91 Å². The summed E-state index contributed by atoms with van der Waals surface area (Å²) in [5.74, 6) is -0.496.